The van der Waals surface area contributed by atoms with Crippen LogP contribution in [-0.2, 0) is 10.0 Å². The zero-order chi connectivity index (χ0) is 22.7. The van der Waals surface area contributed by atoms with Gasteiger partial charge in [-0.25, -0.2) is 23.4 Å². The highest BCUT2D eigenvalue weighted by Gasteiger charge is 2.29. The van der Waals surface area contributed by atoms with Crippen molar-refractivity contribution in [3.8, 4) is 0 Å². The second-order valence-electron chi connectivity index (χ2n) is 7.14. The first kappa shape index (κ1) is 21.6. The summed E-state index contributed by atoms with van der Waals surface area (Å²) in [5, 5.41) is 14.0. The third-order valence-corrected chi connectivity index (χ3v) is 6.91. The molecule has 1 aliphatic heterocycles. The highest BCUT2D eigenvalue weighted by Crippen LogP contribution is 2.24. The lowest BCUT2D eigenvalue weighted by atomic mass is 10.3. The van der Waals surface area contributed by atoms with Crippen molar-refractivity contribution in [1.82, 2.24) is 19.3 Å². The van der Waals surface area contributed by atoms with Crippen molar-refractivity contribution in [3.05, 3.63) is 70.7 Å². The van der Waals surface area contributed by atoms with Crippen LogP contribution >= 0.6 is 0 Å². The molecule has 0 spiro atoms. The van der Waals surface area contributed by atoms with Crippen LogP contribution < -0.4 is 10.2 Å². The van der Waals surface area contributed by atoms with Crippen LogP contribution in [0.2, 0.25) is 0 Å². The number of nitro benzene ring substituents is 1. The lowest BCUT2D eigenvalue weighted by molar-refractivity contribution is -0.384. The molecule has 1 aromatic carbocycles. The Balaban J connectivity index is 1.46. The van der Waals surface area contributed by atoms with Crippen LogP contribution in [0.4, 0.5) is 23.1 Å². The fourth-order valence-corrected chi connectivity index (χ4v) is 4.81. The molecule has 0 unspecified atom stereocenters. The van der Waals surface area contributed by atoms with Crippen LogP contribution in [0.1, 0.15) is 5.82 Å². The Kier molecular flexibility index (Phi) is 5.97. The summed E-state index contributed by atoms with van der Waals surface area (Å²) in [5.41, 5.74) is -0.150. The van der Waals surface area contributed by atoms with Crippen LogP contribution in [-0.4, -0.2) is 58.8 Å². The molecule has 166 valence electrons. The van der Waals surface area contributed by atoms with E-state index < -0.39 is 14.9 Å². The Bertz CT molecular complexity index is 1210. The van der Waals surface area contributed by atoms with Crippen molar-refractivity contribution in [1.29, 1.82) is 0 Å². The fourth-order valence-electron chi connectivity index (χ4n) is 3.39. The number of nitro groups is 1. The smallest absolute Gasteiger partial charge is 0.269 e. The van der Waals surface area contributed by atoms with Gasteiger partial charge in [-0.15, -0.1) is 0 Å². The average molecular weight is 456 g/mol. The van der Waals surface area contributed by atoms with Crippen LogP contribution in [0.25, 0.3) is 0 Å². The lowest BCUT2D eigenvalue weighted by Gasteiger charge is -2.34. The number of hydrogen-bond acceptors (Lipinski definition) is 9. The number of sulfonamides is 1. The third kappa shape index (κ3) is 4.65. The van der Waals surface area contributed by atoms with Gasteiger partial charge in [0.15, 0.2) is 0 Å². The summed E-state index contributed by atoms with van der Waals surface area (Å²) in [6.07, 6.45) is 1.68. The van der Waals surface area contributed by atoms with Gasteiger partial charge in [0.05, 0.1) is 9.82 Å². The first-order valence-electron chi connectivity index (χ1n) is 9.86. The maximum absolute atomic E-state index is 12.9. The SMILES string of the molecule is Cc1nc(Nc2ccccn2)cc(N2CCN(S(=O)(=O)c3ccc([N+](=O)[O-])cc3)CC2)n1. The standard InChI is InChI=1S/C20H21N7O4S/c1-15-22-19(24-18-4-2-3-9-21-18)14-20(23-15)25-10-12-26(13-11-25)32(30,31)17-7-5-16(6-8-17)27(28)29/h2-9,14H,10-13H2,1H3,(H,21,22,23,24). The van der Waals surface area contributed by atoms with Crippen molar-refractivity contribution < 1.29 is 13.3 Å². The van der Waals surface area contributed by atoms with Gasteiger partial charge >= 0.3 is 0 Å². The van der Waals surface area contributed by atoms with Gasteiger partial charge in [-0.1, -0.05) is 6.07 Å². The summed E-state index contributed by atoms with van der Waals surface area (Å²) >= 11 is 0. The van der Waals surface area contributed by atoms with Gasteiger partial charge in [0, 0.05) is 50.6 Å². The predicted octanol–water partition coefficient (Wildman–Crippen LogP) is 2.34. The number of rotatable bonds is 6. The van der Waals surface area contributed by atoms with E-state index in [-0.39, 0.29) is 23.7 Å². The molecule has 2 aromatic heterocycles. The van der Waals surface area contributed by atoms with Crippen molar-refractivity contribution in [2.24, 2.45) is 0 Å². The minimum atomic E-state index is -3.74. The highest BCUT2D eigenvalue weighted by atomic mass is 32.2. The Morgan fingerprint density at radius 1 is 1.00 bits per heavy atom. The molecule has 1 aliphatic rings. The van der Waals surface area contributed by atoms with Crippen molar-refractivity contribution >= 4 is 33.2 Å². The monoisotopic (exact) mass is 455 g/mol. The molecule has 1 saturated heterocycles. The zero-order valence-electron chi connectivity index (χ0n) is 17.2. The largest absolute Gasteiger partial charge is 0.354 e. The number of anilines is 3. The van der Waals surface area contributed by atoms with E-state index in [1.165, 1.54) is 28.6 Å². The van der Waals surface area contributed by atoms with Crippen molar-refractivity contribution in [2.75, 3.05) is 36.4 Å². The summed E-state index contributed by atoms with van der Waals surface area (Å²) in [4.78, 5) is 25.4. The number of nitrogens with zero attached hydrogens (tertiary/aromatic N) is 6. The molecule has 0 atom stereocenters. The number of pyridine rings is 1. The molecular weight excluding hydrogens is 434 g/mol. The first-order chi connectivity index (χ1) is 15.3. The van der Waals surface area contributed by atoms with Gasteiger partial charge in [0.25, 0.3) is 5.69 Å². The average Bonchev–Trinajstić information content (AvgIpc) is 2.79. The Labute approximate surface area is 185 Å². The number of benzene rings is 1. The summed E-state index contributed by atoms with van der Waals surface area (Å²) < 4.78 is 27.2. The topological polar surface area (TPSA) is 134 Å². The molecule has 3 aromatic rings. The van der Waals surface area contributed by atoms with E-state index in [0.717, 1.165) is 0 Å². The fraction of sp³-hybridized carbons (Fsp3) is 0.250. The minimum absolute atomic E-state index is 0.0382. The molecular formula is C20H21N7O4S. The van der Waals surface area contributed by atoms with Gasteiger partial charge in [0.1, 0.15) is 23.3 Å². The number of hydrogen-bond donors (Lipinski definition) is 1. The zero-order valence-corrected chi connectivity index (χ0v) is 18.1. The lowest BCUT2D eigenvalue weighted by Crippen LogP contribution is -2.49. The Morgan fingerprint density at radius 2 is 1.72 bits per heavy atom. The van der Waals surface area contributed by atoms with Crippen molar-refractivity contribution in [2.45, 2.75) is 11.8 Å². The van der Waals surface area contributed by atoms with E-state index in [0.29, 0.717) is 36.4 Å². The maximum atomic E-state index is 12.9. The van der Waals surface area contributed by atoms with Gasteiger partial charge in [0.2, 0.25) is 10.0 Å². The molecule has 11 nitrogen and oxygen atoms in total. The minimum Gasteiger partial charge on any atom is -0.354 e. The molecule has 0 bridgehead atoms. The van der Waals surface area contributed by atoms with Gasteiger partial charge in [-0.3, -0.25) is 10.1 Å². The van der Waals surface area contributed by atoms with Gasteiger partial charge in [-0.05, 0) is 31.2 Å². The van der Waals surface area contributed by atoms with E-state index in [2.05, 4.69) is 20.3 Å². The molecule has 1 N–H and O–H groups in total. The predicted molar refractivity (Wildman–Crippen MR) is 118 cm³/mol. The van der Waals surface area contributed by atoms with E-state index in [9.17, 15) is 18.5 Å². The quantitative estimate of drug-likeness (QED) is 0.439. The van der Waals surface area contributed by atoms with E-state index >= 15 is 0 Å². The number of aromatic nitrogens is 3. The van der Waals surface area contributed by atoms with Crippen molar-refractivity contribution in [3.63, 3.8) is 0 Å². The number of aryl methyl sites for hydroxylation is 1. The summed E-state index contributed by atoms with van der Waals surface area (Å²) in [6, 6.07) is 12.3. The molecule has 4 rings (SSSR count). The van der Waals surface area contributed by atoms with Crippen LogP contribution in [0.15, 0.2) is 59.6 Å². The van der Waals surface area contributed by atoms with E-state index in [1.807, 2.05) is 29.2 Å². The molecule has 3 heterocycles. The Hall–Kier alpha value is -3.64. The molecule has 1 fully saturated rings. The van der Waals surface area contributed by atoms with Crippen LogP contribution in [0.3, 0.4) is 0 Å². The second-order valence-corrected chi connectivity index (χ2v) is 9.08. The Morgan fingerprint density at radius 3 is 2.34 bits per heavy atom. The molecule has 0 saturated carbocycles. The molecule has 0 aliphatic carbocycles. The van der Waals surface area contributed by atoms with Crippen LogP contribution in [0, 0.1) is 17.0 Å². The van der Waals surface area contributed by atoms with Gasteiger partial charge in [-0.2, -0.15) is 4.31 Å². The van der Waals surface area contributed by atoms with E-state index in [1.54, 1.807) is 13.1 Å². The van der Waals surface area contributed by atoms with Gasteiger partial charge < -0.3 is 10.2 Å². The normalized spacial score (nSPS) is 14.8. The second kappa shape index (κ2) is 8.85. The number of piperazine rings is 1. The summed E-state index contributed by atoms with van der Waals surface area (Å²) in [5.74, 6) is 2.55. The summed E-state index contributed by atoms with van der Waals surface area (Å²) in [7, 11) is -3.74. The first-order valence-corrected chi connectivity index (χ1v) is 11.3. The highest BCUT2D eigenvalue weighted by molar-refractivity contribution is 7.89. The number of nitrogens with one attached hydrogen (secondary N) is 1. The number of non-ortho nitro benzene ring substituents is 1. The third-order valence-electron chi connectivity index (χ3n) is 4.99. The molecule has 0 amide bonds. The summed E-state index contributed by atoms with van der Waals surface area (Å²) in [6.45, 7) is 3.23. The molecule has 0 radical (unpaired) electrons. The van der Waals surface area contributed by atoms with Crippen LogP contribution in [0.5, 0.6) is 0 Å². The van der Waals surface area contributed by atoms with E-state index in [4.69, 9.17) is 0 Å². The molecule has 32 heavy (non-hydrogen) atoms. The maximum Gasteiger partial charge on any atom is 0.269 e. The molecule has 12 heteroatoms.